The molecule has 2 N–H and O–H groups in total. The smallest absolute Gasteiger partial charge is 0.262 e. The van der Waals surface area contributed by atoms with Crippen LogP contribution in [0.15, 0.2) is 64.6 Å². The van der Waals surface area contributed by atoms with E-state index in [1.807, 2.05) is 35.9 Å². The van der Waals surface area contributed by atoms with Gasteiger partial charge >= 0.3 is 0 Å². The largest absolute Gasteiger partial charge is 0.350 e. The lowest BCUT2D eigenvalue weighted by molar-refractivity contribution is 0.102. The summed E-state index contributed by atoms with van der Waals surface area (Å²) in [6.45, 7) is 0.638. The molecule has 1 aliphatic rings. The fourth-order valence-corrected chi connectivity index (χ4v) is 4.43. The Bertz CT molecular complexity index is 1200. The second-order valence-electron chi connectivity index (χ2n) is 6.69. The standard InChI is InChI=1S/C20H20N4O3S/c1-24-13-17(16-8-2-3-9-18(16)24)20(25)22-14-6-4-7-15(12-14)28(26,27)23-19-10-5-11-21-19/h2-4,6-9,12-13H,5,10-11H2,1H3,(H,21,23)(H,22,25). The molecule has 0 fully saturated rings. The Morgan fingerprint density at radius 2 is 1.96 bits per heavy atom. The number of aromatic nitrogens is 1. The van der Waals surface area contributed by atoms with Gasteiger partial charge in [-0.25, -0.2) is 8.42 Å². The topological polar surface area (TPSA) is 92.6 Å². The molecule has 4 rings (SSSR count). The minimum Gasteiger partial charge on any atom is -0.350 e. The lowest BCUT2D eigenvalue weighted by Crippen LogP contribution is -2.29. The second-order valence-corrected chi connectivity index (χ2v) is 8.37. The first-order valence-corrected chi connectivity index (χ1v) is 10.4. The quantitative estimate of drug-likeness (QED) is 0.710. The average Bonchev–Trinajstić information content (AvgIpc) is 3.30. The van der Waals surface area contributed by atoms with E-state index in [1.54, 1.807) is 18.3 Å². The Labute approximate surface area is 163 Å². The Morgan fingerprint density at radius 3 is 2.75 bits per heavy atom. The van der Waals surface area contributed by atoms with E-state index in [0.717, 1.165) is 17.3 Å². The van der Waals surface area contributed by atoms with Gasteiger partial charge in [0.1, 0.15) is 5.84 Å². The molecule has 0 bridgehead atoms. The van der Waals surface area contributed by atoms with E-state index in [4.69, 9.17) is 0 Å². The minimum atomic E-state index is -3.73. The first-order valence-electron chi connectivity index (χ1n) is 8.96. The highest BCUT2D eigenvalue weighted by atomic mass is 32.2. The number of sulfonamides is 1. The molecule has 3 aromatic rings. The van der Waals surface area contributed by atoms with Crippen LogP contribution in [0.4, 0.5) is 5.69 Å². The number of aryl methyl sites for hydroxylation is 1. The van der Waals surface area contributed by atoms with Gasteiger partial charge in [0.2, 0.25) is 0 Å². The fraction of sp³-hybridized carbons (Fsp3) is 0.200. The molecule has 2 heterocycles. The number of aliphatic imine (C=N–C) groups is 1. The van der Waals surface area contributed by atoms with Gasteiger partial charge in [-0.15, -0.1) is 0 Å². The molecule has 2 aromatic carbocycles. The van der Waals surface area contributed by atoms with Crippen molar-refractivity contribution in [3.05, 3.63) is 60.3 Å². The molecule has 0 aliphatic carbocycles. The van der Waals surface area contributed by atoms with Crippen LogP contribution in [0.3, 0.4) is 0 Å². The molecule has 144 valence electrons. The molecule has 0 radical (unpaired) electrons. The Morgan fingerprint density at radius 1 is 1.14 bits per heavy atom. The van der Waals surface area contributed by atoms with Gasteiger partial charge in [0, 0.05) is 42.8 Å². The molecule has 1 aliphatic heterocycles. The summed E-state index contributed by atoms with van der Waals surface area (Å²) in [7, 11) is -1.85. The molecular formula is C20H20N4O3S. The molecule has 0 atom stereocenters. The van der Waals surface area contributed by atoms with Crippen molar-refractivity contribution in [2.45, 2.75) is 17.7 Å². The fourth-order valence-electron chi connectivity index (χ4n) is 3.30. The highest BCUT2D eigenvalue weighted by Crippen LogP contribution is 2.22. The van der Waals surface area contributed by atoms with Crippen LogP contribution in [0.25, 0.3) is 10.9 Å². The predicted octanol–water partition coefficient (Wildman–Crippen LogP) is 2.90. The molecule has 0 unspecified atom stereocenters. The van der Waals surface area contributed by atoms with Gasteiger partial charge in [0.15, 0.2) is 0 Å². The van der Waals surface area contributed by atoms with Crippen molar-refractivity contribution in [2.75, 3.05) is 11.9 Å². The maximum atomic E-state index is 12.8. The van der Waals surface area contributed by atoms with E-state index in [2.05, 4.69) is 15.0 Å². The van der Waals surface area contributed by atoms with E-state index in [0.29, 0.717) is 30.1 Å². The number of amides is 1. The first kappa shape index (κ1) is 18.2. The third-order valence-electron chi connectivity index (χ3n) is 4.67. The zero-order valence-electron chi connectivity index (χ0n) is 15.3. The zero-order chi connectivity index (χ0) is 19.7. The normalized spacial score (nSPS) is 14.1. The van der Waals surface area contributed by atoms with Crippen molar-refractivity contribution in [3.8, 4) is 0 Å². The number of nitrogens with zero attached hydrogens (tertiary/aromatic N) is 2. The summed E-state index contributed by atoms with van der Waals surface area (Å²) in [5.74, 6) is 0.185. The first-order chi connectivity index (χ1) is 13.4. The number of carbonyl (C=O) groups excluding carboxylic acids is 1. The van der Waals surface area contributed by atoms with E-state index in [9.17, 15) is 13.2 Å². The molecular weight excluding hydrogens is 376 g/mol. The van der Waals surface area contributed by atoms with Crippen LogP contribution >= 0.6 is 0 Å². The number of fused-ring (bicyclic) bond motifs is 1. The number of benzene rings is 2. The Balaban J connectivity index is 1.58. The molecule has 0 saturated heterocycles. The summed E-state index contributed by atoms with van der Waals surface area (Å²) in [6, 6.07) is 13.8. The maximum Gasteiger partial charge on any atom is 0.262 e. The van der Waals surface area contributed by atoms with Crippen LogP contribution in [-0.2, 0) is 17.1 Å². The van der Waals surface area contributed by atoms with Crippen molar-refractivity contribution in [3.63, 3.8) is 0 Å². The Kier molecular flexibility index (Phi) is 4.64. The lowest BCUT2D eigenvalue weighted by atomic mass is 10.1. The molecule has 1 aromatic heterocycles. The number of hydrogen-bond donors (Lipinski definition) is 2. The number of rotatable bonds is 4. The van der Waals surface area contributed by atoms with Gasteiger partial charge < -0.3 is 9.88 Å². The van der Waals surface area contributed by atoms with Crippen LogP contribution in [0.1, 0.15) is 23.2 Å². The number of anilines is 1. The van der Waals surface area contributed by atoms with Crippen molar-refractivity contribution in [1.82, 2.24) is 9.29 Å². The van der Waals surface area contributed by atoms with Crippen molar-refractivity contribution < 1.29 is 13.2 Å². The number of para-hydroxylation sites is 1. The third-order valence-corrected chi connectivity index (χ3v) is 6.05. The summed E-state index contributed by atoms with van der Waals surface area (Å²) >= 11 is 0. The van der Waals surface area contributed by atoms with Crippen LogP contribution in [0.5, 0.6) is 0 Å². The molecule has 0 saturated carbocycles. The molecule has 1 amide bonds. The van der Waals surface area contributed by atoms with Gasteiger partial charge in [-0.1, -0.05) is 24.3 Å². The average molecular weight is 396 g/mol. The van der Waals surface area contributed by atoms with Crippen LogP contribution in [0.2, 0.25) is 0 Å². The zero-order valence-corrected chi connectivity index (χ0v) is 16.2. The summed E-state index contributed by atoms with van der Waals surface area (Å²) in [6.07, 6.45) is 3.23. The van der Waals surface area contributed by atoms with E-state index in [-0.39, 0.29) is 10.8 Å². The van der Waals surface area contributed by atoms with Crippen molar-refractivity contribution >= 4 is 38.4 Å². The molecule has 8 heteroatoms. The number of nitrogens with one attached hydrogen (secondary N) is 2. The van der Waals surface area contributed by atoms with E-state index < -0.39 is 10.0 Å². The van der Waals surface area contributed by atoms with E-state index >= 15 is 0 Å². The minimum absolute atomic E-state index is 0.0813. The highest BCUT2D eigenvalue weighted by Gasteiger charge is 2.19. The van der Waals surface area contributed by atoms with Crippen molar-refractivity contribution in [2.24, 2.45) is 12.0 Å². The Hall–Kier alpha value is -3.13. The monoisotopic (exact) mass is 396 g/mol. The number of amidine groups is 1. The van der Waals surface area contributed by atoms with Crippen LogP contribution < -0.4 is 10.0 Å². The van der Waals surface area contributed by atoms with E-state index in [1.165, 1.54) is 12.1 Å². The van der Waals surface area contributed by atoms with Gasteiger partial charge in [0.25, 0.3) is 15.9 Å². The number of carbonyl (C=O) groups is 1. The van der Waals surface area contributed by atoms with Gasteiger partial charge in [-0.05, 0) is 30.7 Å². The van der Waals surface area contributed by atoms with Crippen LogP contribution in [-0.4, -0.2) is 31.3 Å². The van der Waals surface area contributed by atoms with Crippen molar-refractivity contribution in [1.29, 1.82) is 0 Å². The summed E-state index contributed by atoms with van der Waals surface area (Å²) < 4.78 is 29.5. The van der Waals surface area contributed by atoms with Gasteiger partial charge in [-0.3, -0.25) is 14.5 Å². The van der Waals surface area contributed by atoms with Crippen LogP contribution in [0, 0.1) is 0 Å². The third kappa shape index (κ3) is 3.50. The van der Waals surface area contributed by atoms with Gasteiger partial charge in [0.05, 0.1) is 10.5 Å². The molecule has 28 heavy (non-hydrogen) atoms. The number of hydrogen-bond acceptors (Lipinski definition) is 4. The predicted molar refractivity (Wildman–Crippen MR) is 109 cm³/mol. The van der Waals surface area contributed by atoms with Gasteiger partial charge in [-0.2, -0.15) is 0 Å². The summed E-state index contributed by atoms with van der Waals surface area (Å²) in [4.78, 5) is 17.0. The highest BCUT2D eigenvalue weighted by molar-refractivity contribution is 7.90. The summed E-state index contributed by atoms with van der Waals surface area (Å²) in [5, 5.41) is 3.64. The maximum absolute atomic E-state index is 12.8. The molecule has 7 nitrogen and oxygen atoms in total. The lowest BCUT2D eigenvalue weighted by Gasteiger charge is -2.10. The molecule has 0 spiro atoms. The SMILES string of the molecule is Cn1cc(C(=O)Nc2cccc(S(=O)(=O)NC3=NCCC3)c2)c2ccccc21. The second kappa shape index (κ2) is 7.12. The summed E-state index contributed by atoms with van der Waals surface area (Å²) in [5.41, 5.74) is 1.89.